The number of thiophene rings is 1. The van der Waals surface area contributed by atoms with E-state index in [1.165, 1.54) is 0 Å². The molecule has 56 heavy (non-hydrogen) atoms. The molecule has 0 radical (unpaired) electrons. The van der Waals surface area contributed by atoms with Crippen LogP contribution in [0.25, 0.3) is 4.85 Å². The molecule has 6 aliphatic rings. The summed E-state index contributed by atoms with van der Waals surface area (Å²) in [6.45, 7) is 17.1. The average Bonchev–Trinajstić information content (AvgIpc) is 3.91. The van der Waals surface area contributed by atoms with E-state index in [1.807, 2.05) is 29.2 Å². The predicted octanol–water partition coefficient (Wildman–Crippen LogP) is 4.74. The number of imide groups is 2. The summed E-state index contributed by atoms with van der Waals surface area (Å²) in [5.41, 5.74) is 3.24. The van der Waals surface area contributed by atoms with Crippen molar-refractivity contribution in [3.05, 3.63) is 81.0 Å². The highest BCUT2D eigenvalue weighted by Gasteiger charge is 2.45. The molecule has 1 unspecified atom stereocenters. The van der Waals surface area contributed by atoms with E-state index in [2.05, 4.69) is 35.8 Å². The number of fused-ring (bicyclic) bond motifs is 1. The van der Waals surface area contributed by atoms with Crippen molar-refractivity contribution in [3.8, 4) is 0 Å². The maximum atomic E-state index is 13.6. The van der Waals surface area contributed by atoms with Crippen molar-refractivity contribution < 1.29 is 24.0 Å². The number of carbonyl (C=O) groups excluding carboxylic acids is 5. The zero-order valence-electron chi connectivity index (χ0n) is 31.0. The number of hydrogen-bond donors (Lipinski definition) is 1. The van der Waals surface area contributed by atoms with Crippen LogP contribution in [0.15, 0.2) is 48.5 Å². The molecule has 15 heteroatoms. The molecule has 0 aliphatic carbocycles. The largest absolute Gasteiger partial charge is 0.371 e. The van der Waals surface area contributed by atoms with Gasteiger partial charge in [-0.2, -0.15) is 0 Å². The summed E-state index contributed by atoms with van der Waals surface area (Å²) in [7, 11) is 0. The van der Waals surface area contributed by atoms with Crippen molar-refractivity contribution >= 4 is 74.5 Å². The number of halogens is 1. The van der Waals surface area contributed by atoms with Gasteiger partial charge in [-0.05, 0) is 73.6 Å². The highest BCUT2D eigenvalue weighted by atomic mass is 35.5. The molecular weight excluding hydrogens is 752 g/mol. The van der Waals surface area contributed by atoms with Crippen LogP contribution in [0.4, 0.5) is 22.1 Å². The number of nitrogens with zero attached hydrogens (tertiary/aromatic N) is 7. The molecule has 5 saturated heterocycles. The molecule has 2 aromatic carbocycles. The number of carbonyl (C=O) groups is 5. The van der Waals surface area contributed by atoms with Gasteiger partial charge < -0.3 is 19.6 Å². The Bertz CT molecular complexity index is 2160. The summed E-state index contributed by atoms with van der Waals surface area (Å²) in [5, 5.41) is 3.88. The van der Waals surface area contributed by atoms with Crippen LogP contribution in [0, 0.1) is 17.9 Å². The maximum absolute atomic E-state index is 13.6. The fraction of sp³-hybridized carbons (Fsp3) is 0.463. The lowest BCUT2D eigenvalue weighted by Gasteiger charge is -2.45. The normalized spacial score (nSPS) is 22.8. The third-order valence-electron chi connectivity index (χ3n) is 12.7. The molecule has 0 bridgehead atoms. The van der Waals surface area contributed by atoms with Crippen LogP contribution in [-0.4, -0.2) is 122 Å². The van der Waals surface area contributed by atoms with Gasteiger partial charge in [0.2, 0.25) is 17.5 Å². The standard InChI is InChI=1S/C41H43ClN8O5S/c1-43-32-5-3-28(21-31(32)42)48-15-12-41(25-48)10-13-47(14-11-41)40(55)34-7-9-36(56-34)46-18-16-45(17-19-46)22-26-23-49(24-26)27-2-4-29-30(20-27)39(54)50(38(29)53)33-6-8-35(51)44-37(33)52/h2-5,7,9,20-21,26,33H,6,8,10-19,22-25H2,(H,44,51,52). The van der Waals surface area contributed by atoms with E-state index < -0.39 is 29.7 Å². The highest BCUT2D eigenvalue weighted by Crippen LogP contribution is 2.43. The molecule has 6 aliphatic heterocycles. The summed E-state index contributed by atoms with van der Waals surface area (Å²) in [6, 6.07) is 14.1. The summed E-state index contributed by atoms with van der Waals surface area (Å²) >= 11 is 7.93. The van der Waals surface area contributed by atoms with Gasteiger partial charge in [0.15, 0.2) is 0 Å². The van der Waals surface area contributed by atoms with Crippen molar-refractivity contribution in [1.29, 1.82) is 0 Å². The second-order valence-corrected chi connectivity index (χ2v) is 17.6. The SMILES string of the molecule is [C-]#[N+]c1ccc(N2CCC3(CCN(C(=O)c4ccc(N5CCN(CC6CN(c7ccc8c(c7)C(=O)N(C7CCC(=O)NC7=O)C8=O)C6)CC5)s4)CC3)C2)cc1Cl. The zero-order chi connectivity index (χ0) is 38.7. The van der Waals surface area contributed by atoms with E-state index in [0.717, 1.165) is 117 Å². The lowest BCUT2D eigenvalue weighted by atomic mass is 9.77. The van der Waals surface area contributed by atoms with Gasteiger partial charge >= 0.3 is 0 Å². The first-order valence-corrected chi connectivity index (χ1v) is 20.7. The number of amides is 5. The molecule has 13 nitrogen and oxygen atoms in total. The quantitative estimate of drug-likeness (QED) is 0.267. The van der Waals surface area contributed by atoms with Crippen LogP contribution in [0.5, 0.6) is 0 Å². The van der Waals surface area contributed by atoms with Crippen LogP contribution >= 0.6 is 22.9 Å². The molecule has 290 valence electrons. The first kappa shape index (κ1) is 36.7. The molecular formula is C41H43ClN8O5S. The minimum absolute atomic E-state index is 0.0946. The Morgan fingerprint density at radius 3 is 2.29 bits per heavy atom. The Morgan fingerprint density at radius 2 is 1.55 bits per heavy atom. The number of nitrogens with one attached hydrogen (secondary N) is 1. The maximum Gasteiger partial charge on any atom is 0.263 e. The van der Waals surface area contributed by atoms with Crippen LogP contribution in [0.1, 0.15) is 62.5 Å². The van der Waals surface area contributed by atoms with Crippen molar-refractivity contribution in [3.63, 3.8) is 0 Å². The van der Waals surface area contributed by atoms with E-state index in [1.54, 1.807) is 29.5 Å². The first-order valence-electron chi connectivity index (χ1n) is 19.5. The fourth-order valence-corrected chi connectivity index (χ4v) is 10.6. The van der Waals surface area contributed by atoms with Gasteiger partial charge in [-0.1, -0.05) is 17.7 Å². The van der Waals surface area contributed by atoms with Crippen molar-refractivity contribution in [2.24, 2.45) is 11.3 Å². The third-order valence-corrected chi connectivity index (χ3v) is 14.2. The first-order chi connectivity index (χ1) is 27.1. The number of rotatable bonds is 7. The molecule has 1 N–H and O–H groups in total. The number of likely N-dealkylation sites (tertiary alicyclic amines) is 1. The Kier molecular flexibility index (Phi) is 9.50. The second-order valence-electron chi connectivity index (χ2n) is 16.1. The van der Waals surface area contributed by atoms with Crippen LogP contribution in [0.2, 0.25) is 5.02 Å². The highest BCUT2D eigenvalue weighted by molar-refractivity contribution is 7.18. The van der Waals surface area contributed by atoms with E-state index >= 15 is 0 Å². The van der Waals surface area contributed by atoms with E-state index in [0.29, 0.717) is 27.8 Å². The van der Waals surface area contributed by atoms with Gasteiger partial charge in [-0.3, -0.25) is 39.1 Å². The number of piperazine rings is 1. The van der Waals surface area contributed by atoms with Gasteiger partial charge in [0.25, 0.3) is 17.7 Å². The summed E-state index contributed by atoms with van der Waals surface area (Å²) < 4.78 is 0. The smallest absolute Gasteiger partial charge is 0.263 e. The molecule has 5 fully saturated rings. The van der Waals surface area contributed by atoms with Gasteiger partial charge in [-0.25, -0.2) is 4.85 Å². The Balaban J connectivity index is 0.722. The van der Waals surface area contributed by atoms with Crippen molar-refractivity contribution in [2.45, 2.75) is 38.1 Å². The molecule has 1 spiro atoms. The number of hydrogen-bond acceptors (Lipinski definition) is 10. The Hall–Kier alpha value is -4.97. The monoisotopic (exact) mass is 794 g/mol. The average molecular weight is 795 g/mol. The van der Waals surface area contributed by atoms with E-state index in [4.69, 9.17) is 18.2 Å². The number of benzene rings is 2. The molecule has 3 aromatic rings. The Morgan fingerprint density at radius 1 is 0.839 bits per heavy atom. The number of anilines is 3. The molecule has 0 saturated carbocycles. The summed E-state index contributed by atoms with van der Waals surface area (Å²) in [6.07, 6.45) is 3.31. The summed E-state index contributed by atoms with van der Waals surface area (Å²) in [5.74, 6) is -1.34. The minimum atomic E-state index is -0.968. The van der Waals surface area contributed by atoms with Crippen molar-refractivity contribution in [1.82, 2.24) is 20.0 Å². The van der Waals surface area contributed by atoms with Crippen LogP contribution < -0.4 is 20.0 Å². The molecule has 1 aromatic heterocycles. The lowest BCUT2D eigenvalue weighted by Crippen LogP contribution is -2.55. The lowest BCUT2D eigenvalue weighted by molar-refractivity contribution is -0.136. The number of piperidine rings is 2. The van der Waals surface area contributed by atoms with Crippen molar-refractivity contribution in [2.75, 3.05) is 86.7 Å². The zero-order valence-corrected chi connectivity index (χ0v) is 32.6. The molecule has 9 rings (SSSR count). The topological polar surface area (TPSA) is 121 Å². The second kappa shape index (κ2) is 14.5. The third kappa shape index (κ3) is 6.69. The van der Waals surface area contributed by atoms with Gasteiger partial charge in [0, 0.05) is 101 Å². The van der Waals surface area contributed by atoms with Crippen LogP contribution in [0.3, 0.4) is 0 Å². The molecule has 7 heterocycles. The summed E-state index contributed by atoms with van der Waals surface area (Å²) in [4.78, 5) is 80.8. The van der Waals surface area contributed by atoms with Crippen LogP contribution in [-0.2, 0) is 9.59 Å². The van der Waals surface area contributed by atoms with E-state index in [9.17, 15) is 24.0 Å². The molecule has 5 amide bonds. The fourth-order valence-electron chi connectivity index (χ4n) is 9.37. The predicted molar refractivity (Wildman–Crippen MR) is 214 cm³/mol. The van der Waals surface area contributed by atoms with E-state index in [-0.39, 0.29) is 24.2 Å². The minimum Gasteiger partial charge on any atom is -0.371 e. The van der Waals surface area contributed by atoms with Gasteiger partial charge in [0.05, 0.1) is 27.6 Å². The van der Waals surface area contributed by atoms with Gasteiger partial charge in [-0.15, -0.1) is 11.3 Å². The van der Waals surface area contributed by atoms with Gasteiger partial charge in [0.1, 0.15) is 6.04 Å². The Labute approximate surface area is 334 Å². The molecule has 1 atom stereocenters.